The number of urea groups is 1. The Labute approximate surface area is 214 Å². The Morgan fingerprint density at radius 2 is 1.94 bits per heavy atom. The van der Waals surface area contributed by atoms with E-state index in [2.05, 4.69) is 41.9 Å². The molecule has 1 spiro atoms. The molecule has 0 unspecified atom stereocenters. The quantitative estimate of drug-likeness (QED) is 0.390. The first kappa shape index (κ1) is 23.0. The van der Waals surface area contributed by atoms with Gasteiger partial charge in [0.25, 0.3) is 0 Å². The van der Waals surface area contributed by atoms with Gasteiger partial charge in [-0.05, 0) is 48.7 Å². The van der Waals surface area contributed by atoms with Crippen LogP contribution in [0, 0.1) is 11.2 Å². The summed E-state index contributed by atoms with van der Waals surface area (Å²) >= 11 is 6.34. The highest BCUT2D eigenvalue weighted by Gasteiger charge is 2.54. The van der Waals surface area contributed by atoms with Gasteiger partial charge in [-0.1, -0.05) is 11.6 Å². The summed E-state index contributed by atoms with van der Waals surface area (Å²) in [4.78, 5) is 25.4. The van der Waals surface area contributed by atoms with Gasteiger partial charge in [-0.15, -0.1) is 5.10 Å². The summed E-state index contributed by atoms with van der Waals surface area (Å²) < 4.78 is 13.2. The highest BCUT2D eigenvalue weighted by Crippen LogP contribution is 2.42. The molecule has 1 aromatic carbocycles. The van der Waals surface area contributed by atoms with Crippen LogP contribution >= 0.6 is 11.6 Å². The predicted octanol–water partition coefficient (Wildman–Crippen LogP) is 3.16. The molecule has 1 saturated carbocycles. The average molecular weight is 511 g/mol. The number of carbonyl (C=O) groups is 1. The Bertz CT molecular complexity index is 1200. The fraction of sp³-hybridized carbons (Fsp3) is 0.440. The number of benzene rings is 1. The van der Waals surface area contributed by atoms with Gasteiger partial charge in [0.1, 0.15) is 11.6 Å². The van der Waals surface area contributed by atoms with E-state index in [4.69, 9.17) is 11.6 Å². The number of fused-ring (bicyclic) bond motifs is 1. The predicted molar refractivity (Wildman–Crippen MR) is 138 cm³/mol. The maximum absolute atomic E-state index is 13.2. The van der Waals surface area contributed by atoms with Crippen LogP contribution in [-0.4, -0.2) is 78.8 Å². The van der Waals surface area contributed by atoms with Gasteiger partial charge in [0.15, 0.2) is 0 Å². The molecule has 188 valence electrons. The van der Waals surface area contributed by atoms with E-state index in [0.717, 1.165) is 62.0 Å². The van der Waals surface area contributed by atoms with E-state index in [1.807, 2.05) is 23.1 Å². The average Bonchev–Trinajstić information content (AvgIpc) is 3.63. The SMILES string of the molecule is C=N/N=C(/N1CC2(C1)CN(c1ccc(F)cn1)C2)N1CCN(C(=O)NC2CC2)Cc2cc(Cl)ccc21. The van der Waals surface area contributed by atoms with Crippen molar-refractivity contribution in [1.82, 2.24) is 20.1 Å². The maximum atomic E-state index is 13.2. The van der Waals surface area contributed by atoms with Crippen LogP contribution in [0.1, 0.15) is 18.4 Å². The number of nitrogens with zero attached hydrogens (tertiary/aromatic N) is 7. The molecule has 1 N–H and O–H groups in total. The van der Waals surface area contributed by atoms with Crippen LogP contribution in [0.15, 0.2) is 46.7 Å². The summed E-state index contributed by atoms with van der Waals surface area (Å²) in [6.45, 7) is 8.58. The van der Waals surface area contributed by atoms with Gasteiger partial charge in [-0.3, -0.25) is 0 Å². The Morgan fingerprint density at radius 1 is 1.14 bits per heavy atom. The summed E-state index contributed by atoms with van der Waals surface area (Å²) in [6.07, 6.45) is 3.34. The van der Waals surface area contributed by atoms with Crippen molar-refractivity contribution in [3.63, 3.8) is 0 Å². The van der Waals surface area contributed by atoms with Gasteiger partial charge in [-0.25, -0.2) is 14.2 Å². The molecule has 9 nitrogen and oxygen atoms in total. The van der Waals surface area contributed by atoms with Gasteiger partial charge < -0.3 is 24.9 Å². The third-order valence-electron chi connectivity index (χ3n) is 7.30. The van der Waals surface area contributed by atoms with Crippen LogP contribution in [0.2, 0.25) is 5.02 Å². The van der Waals surface area contributed by atoms with Crippen molar-refractivity contribution in [2.75, 3.05) is 49.1 Å². The Balaban J connectivity index is 1.18. The minimum atomic E-state index is -0.329. The molecule has 1 aromatic heterocycles. The number of guanidine groups is 1. The number of nitrogens with one attached hydrogen (secondary N) is 1. The van der Waals surface area contributed by atoms with Crippen molar-refractivity contribution >= 4 is 41.8 Å². The van der Waals surface area contributed by atoms with Crippen molar-refractivity contribution in [1.29, 1.82) is 0 Å². The molecule has 3 fully saturated rings. The third-order valence-corrected chi connectivity index (χ3v) is 7.54. The Kier molecular flexibility index (Phi) is 5.70. The molecule has 2 saturated heterocycles. The molecular formula is C25H28ClFN8O. The molecule has 4 heterocycles. The zero-order chi connectivity index (χ0) is 24.9. The number of pyridine rings is 1. The van der Waals surface area contributed by atoms with Gasteiger partial charge in [0.2, 0.25) is 5.96 Å². The summed E-state index contributed by atoms with van der Waals surface area (Å²) in [7, 11) is 0. The van der Waals surface area contributed by atoms with Crippen molar-refractivity contribution in [3.05, 3.63) is 52.9 Å². The highest BCUT2D eigenvalue weighted by molar-refractivity contribution is 6.30. The first-order valence-electron chi connectivity index (χ1n) is 12.2. The molecule has 0 bridgehead atoms. The molecule has 3 aliphatic heterocycles. The zero-order valence-corrected chi connectivity index (χ0v) is 20.7. The topological polar surface area (TPSA) is 79.7 Å². The molecular weight excluding hydrogens is 483 g/mol. The summed E-state index contributed by atoms with van der Waals surface area (Å²) in [5.74, 6) is 1.19. The number of hydrogen-bond donors (Lipinski definition) is 1. The molecule has 1 aliphatic carbocycles. The number of rotatable bonds is 3. The fourth-order valence-electron chi connectivity index (χ4n) is 5.38. The van der Waals surface area contributed by atoms with E-state index in [9.17, 15) is 9.18 Å². The van der Waals surface area contributed by atoms with Gasteiger partial charge in [-0.2, -0.15) is 5.10 Å². The smallest absolute Gasteiger partial charge is 0.317 e. The lowest BCUT2D eigenvalue weighted by Gasteiger charge is -2.61. The Morgan fingerprint density at radius 3 is 2.64 bits per heavy atom. The normalized spacial score (nSPS) is 20.9. The lowest BCUT2D eigenvalue weighted by atomic mass is 9.73. The number of amides is 2. The molecule has 2 amide bonds. The standard InChI is InChI=1S/C25H28ClFN8O/c1-28-31-23(34-15-25(16-34)13-33(14-25)22-7-3-19(27)11-29-22)35-9-8-32(24(36)30-20-4-5-20)12-17-10-18(26)2-6-21(17)35/h2-3,6-7,10-11,20H,1,4-5,8-9,12-16H2,(H,30,36)/b31-23-. The summed E-state index contributed by atoms with van der Waals surface area (Å²) in [6, 6.07) is 9.18. The van der Waals surface area contributed by atoms with Crippen molar-refractivity contribution in [2.45, 2.75) is 25.4 Å². The number of halogens is 2. The summed E-state index contributed by atoms with van der Waals surface area (Å²) in [5.41, 5.74) is 2.08. The molecule has 6 rings (SSSR count). The number of aromatic nitrogens is 1. The highest BCUT2D eigenvalue weighted by atomic mass is 35.5. The maximum Gasteiger partial charge on any atom is 0.317 e. The minimum absolute atomic E-state index is 0.0440. The van der Waals surface area contributed by atoms with E-state index in [0.29, 0.717) is 30.7 Å². The van der Waals surface area contributed by atoms with Crippen LogP contribution < -0.4 is 15.1 Å². The van der Waals surface area contributed by atoms with Crippen LogP contribution in [0.25, 0.3) is 0 Å². The number of anilines is 2. The second-order valence-electron chi connectivity index (χ2n) is 10.2. The molecule has 2 aromatic rings. The molecule has 36 heavy (non-hydrogen) atoms. The lowest BCUT2D eigenvalue weighted by molar-refractivity contribution is 0.0273. The van der Waals surface area contributed by atoms with E-state index < -0.39 is 0 Å². The zero-order valence-electron chi connectivity index (χ0n) is 19.9. The number of likely N-dealkylation sites (tertiary alicyclic amines) is 1. The van der Waals surface area contributed by atoms with Crippen LogP contribution in [0.3, 0.4) is 0 Å². The first-order chi connectivity index (χ1) is 17.4. The van der Waals surface area contributed by atoms with Crippen LogP contribution in [0.5, 0.6) is 0 Å². The number of carbonyl (C=O) groups excluding carboxylic acids is 1. The molecule has 0 radical (unpaired) electrons. The monoisotopic (exact) mass is 510 g/mol. The molecule has 11 heteroatoms. The minimum Gasteiger partial charge on any atom is -0.355 e. The largest absolute Gasteiger partial charge is 0.355 e. The van der Waals surface area contributed by atoms with Crippen molar-refractivity contribution in [2.24, 2.45) is 15.6 Å². The molecule has 4 aliphatic rings. The second kappa shape index (κ2) is 8.92. The van der Waals surface area contributed by atoms with E-state index in [1.54, 1.807) is 6.07 Å². The Hall–Kier alpha value is -3.40. The molecule has 0 atom stereocenters. The van der Waals surface area contributed by atoms with Gasteiger partial charge in [0.05, 0.1) is 6.20 Å². The van der Waals surface area contributed by atoms with E-state index >= 15 is 0 Å². The van der Waals surface area contributed by atoms with E-state index in [1.165, 1.54) is 12.3 Å². The van der Waals surface area contributed by atoms with E-state index in [-0.39, 0.29) is 17.3 Å². The van der Waals surface area contributed by atoms with Crippen molar-refractivity contribution in [3.8, 4) is 0 Å². The second-order valence-corrected chi connectivity index (χ2v) is 10.6. The van der Waals surface area contributed by atoms with Gasteiger partial charge in [0, 0.05) is 74.7 Å². The van der Waals surface area contributed by atoms with Crippen LogP contribution in [-0.2, 0) is 6.54 Å². The third kappa shape index (κ3) is 4.34. The van der Waals surface area contributed by atoms with Crippen molar-refractivity contribution < 1.29 is 9.18 Å². The lowest BCUT2D eigenvalue weighted by Crippen LogP contribution is -2.74. The first-order valence-corrected chi connectivity index (χ1v) is 12.6. The summed E-state index contributed by atoms with van der Waals surface area (Å²) in [5, 5.41) is 12.0. The number of hydrogen-bond acceptors (Lipinski definition) is 5. The fourth-order valence-corrected chi connectivity index (χ4v) is 5.58. The van der Waals surface area contributed by atoms with Crippen LogP contribution in [0.4, 0.5) is 20.7 Å². The van der Waals surface area contributed by atoms with Gasteiger partial charge >= 0.3 is 6.03 Å².